The number of nitrogens with zero attached hydrogens (tertiary/aromatic N) is 3. The van der Waals surface area contributed by atoms with E-state index in [2.05, 4.69) is 9.97 Å². The van der Waals surface area contributed by atoms with Gasteiger partial charge in [-0.1, -0.05) is 12.1 Å². The number of benzene rings is 2. The maximum Gasteiger partial charge on any atom is 0.345 e. The summed E-state index contributed by atoms with van der Waals surface area (Å²) in [5.41, 5.74) is 4.65. The van der Waals surface area contributed by atoms with Crippen LogP contribution in [0.25, 0.3) is 0 Å². The minimum atomic E-state index is -0.411. The third kappa shape index (κ3) is 6.67. The minimum absolute atomic E-state index is 0.0856. The standard InChI is InChI=1S/C32H38N4O7/c1-20-25(21(2)34-32(39)33-20)9-10-29(37)35-13-14-42-15-16-43-24-7-5-22(6-8-24)31-26-18-28(41-4)27(40-3)17-23(26)11-12-36(31)30(38)19-35/h5-8,17-18,31H,9-16,19H2,1-4H3,(H,33,34,39). The van der Waals surface area contributed by atoms with Crippen molar-refractivity contribution in [3.8, 4) is 17.2 Å². The second-order valence-electron chi connectivity index (χ2n) is 10.7. The molecule has 3 aliphatic heterocycles. The smallest absolute Gasteiger partial charge is 0.345 e. The molecule has 0 spiro atoms. The molecule has 43 heavy (non-hydrogen) atoms. The number of aryl methyl sites for hydroxylation is 2. The molecule has 228 valence electrons. The number of methoxy groups -OCH3 is 2. The number of nitrogens with one attached hydrogen (secondary N) is 1. The molecule has 3 aromatic rings. The number of carbonyl (C=O) groups is 2. The molecular weight excluding hydrogens is 552 g/mol. The monoisotopic (exact) mass is 590 g/mol. The lowest BCUT2D eigenvalue weighted by Crippen LogP contribution is -2.47. The summed E-state index contributed by atoms with van der Waals surface area (Å²) in [6.07, 6.45) is 1.19. The second-order valence-corrected chi connectivity index (χ2v) is 10.7. The maximum atomic E-state index is 14.1. The van der Waals surface area contributed by atoms with Crippen molar-refractivity contribution >= 4 is 11.8 Å². The van der Waals surface area contributed by atoms with E-state index < -0.39 is 5.69 Å². The summed E-state index contributed by atoms with van der Waals surface area (Å²) in [4.78, 5) is 49.4. The summed E-state index contributed by atoms with van der Waals surface area (Å²) in [7, 11) is 3.20. The molecule has 0 radical (unpaired) electrons. The van der Waals surface area contributed by atoms with Crippen molar-refractivity contribution in [2.24, 2.45) is 0 Å². The lowest BCUT2D eigenvalue weighted by Gasteiger charge is -2.39. The van der Waals surface area contributed by atoms with Crippen LogP contribution in [0.2, 0.25) is 0 Å². The van der Waals surface area contributed by atoms with Crippen molar-refractivity contribution in [1.29, 1.82) is 0 Å². The lowest BCUT2D eigenvalue weighted by molar-refractivity contribution is -0.142. The van der Waals surface area contributed by atoms with Crippen molar-refractivity contribution < 1.29 is 28.5 Å². The molecule has 2 bridgehead atoms. The van der Waals surface area contributed by atoms with Crippen LogP contribution in [-0.4, -0.2) is 85.3 Å². The first kappa shape index (κ1) is 30.1. The van der Waals surface area contributed by atoms with Gasteiger partial charge in [-0.15, -0.1) is 0 Å². The topological polar surface area (TPSA) is 123 Å². The molecule has 2 amide bonds. The van der Waals surface area contributed by atoms with Crippen LogP contribution in [0.5, 0.6) is 17.2 Å². The molecule has 1 N–H and O–H groups in total. The molecule has 11 heteroatoms. The molecule has 3 aliphatic rings. The van der Waals surface area contributed by atoms with Gasteiger partial charge in [-0.05, 0) is 73.2 Å². The van der Waals surface area contributed by atoms with E-state index in [9.17, 15) is 14.4 Å². The zero-order valence-electron chi connectivity index (χ0n) is 25.1. The van der Waals surface area contributed by atoms with Crippen LogP contribution in [0.1, 0.15) is 46.1 Å². The van der Waals surface area contributed by atoms with Crippen molar-refractivity contribution in [2.75, 3.05) is 53.7 Å². The highest BCUT2D eigenvalue weighted by Crippen LogP contribution is 2.41. The van der Waals surface area contributed by atoms with Crippen molar-refractivity contribution in [2.45, 2.75) is 39.2 Å². The Labute approximate surface area is 250 Å². The van der Waals surface area contributed by atoms with Crippen LogP contribution in [0.15, 0.2) is 41.2 Å². The van der Waals surface area contributed by atoms with E-state index in [1.165, 1.54) is 0 Å². The van der Waals surface area contributed by atoms with E-state index in [-0.39, 0.29) is 44.0 Å². The highest BCUT2D eigenvalue weighted by molar-refractivity contribution is 5.86. The Morgan fingerprint density at radius 3 is 2.49 bits per heavy atom. The average molecular weight is 591 g/mol. The summed E-state index contributed by atoms with van der Waals surface area (Å²) >= 11 is 0. The predicted molar refractivity (Wildman–Crippen MR) is 159 cm³/mol. The first-order valence-corrected chi connectivity index (χ1v) is 14.5. The molecule has 4 heterocycles. The third-order valence-corrected chi connectivity index (χ3v) is 8.11. The summed E-state index contributed by atoms with van der Waals surface area (Å²) in [6.45, 7) is 5.19. The molecule has 0 aliphatic carbocycles. The van der Waals surface area contributed by atoms with Gasteiger partial charge >= 0.3 is 5.69 Å². The fourth-order valence-corrected chi connectivity index (χ4v) is 5.87. The summed E-state index contributed by atoms with van der Waals surface area (Å²) < 4.78 is 22.8. The maximum absolute atomic E-state index is 14.1. The van der Waals surface area contributed by atoms with E-state index in [1.807, 2.05) is 41.3 Å². The molecule has 1 atom stereocenters. The SMILES string of the molecule is COc1cc2c(cc1OC)C1c3ccc(cc3)OCCOCCN(C(=O)CCc3c(C)nc(=O)[nH]c3C)CC(=O)N1CC2. The fraction of sp³-hybridized carbons (Fsp3) is 0.438. The lowest BCUT2D eigenvalue weighted by atomic mass is 9.87. The van der Waals surface area contributed by atoms with Crippen LogP contribution < -0.4 is 19.9 Å². The predicted octanol–water partition coefficient (Wildman–Crippen LogP) is 2.75. The summed E-state index contributed by atoms with van der Waals surface area (Å²) in [5, 5.41) is 0. The van der Waals surface area contributed by atoms with Crippen LogP contribution in [0.4, 0.5) is 0 Å². The van der Waals surface area contributed by atoms with Crippen LogP contribution in [0, 0.1) is 13.8 Å². The molecule has 2 aromatic carbocycles. The fourth-order valence-electron chi connectivity index (χ4n) is 5.87. The van der Waals surface area contributed by atoms with E-state index >= 15 is 0 Å². The van der Waals surface area contributed by atoms with Gasteiger partial charge in [0.15, 0.2) is 11.5 Å². The van der Waals surface area contributed by atoms with Crippen LogP contribution >= 0.6 is 0 Å². The van der Waals surface area contributed by atoms with Gasteiger partial charge in [0.25, 0.3) is 0 Å². The van der Waals surface area contributed by atoms with E-state index in [1.54, 1.807) is 33.0 Å². The van der Waals surface area contributed by atoms with Gasteiger partial charge in [-0.25, -0.2) is 4.79 Å². The first-order chi connectivity index (χ1) is 20.8. The van der Waals surface area contributed by atoms with Gasteiger partial charge in [0.05, 0.1) is 40.0 Å². The Hall–Kier alpha value is -4.38. The van der Waals surface area contributed by atoms with Crippen molar-refractivity contribution in [3.63, 3.8) is 0 Å². The quantitative estimate of drug-likeness (QED) is 0.450. The number of rotatable bonds is 5. The molecule has 6 rings (SSSR count). The zero-order chi connectivity index (χ0) is 30.5. The van der Waals surface area contributed by atoms with Crippen LogP contribution in [0.3, 0.4) is 0 Å². The summed E-state index contributed by atoms with van der Waals surface area (Å²) in [5.74, 6) is 1.60. The number of aromatic nitrogens is 2. The molecular formula is C32H38N4O7. The van der Waals surface area contributed by atoms with Gasteiger partial charge in [0.1, 0.15) is 12.4 Å². The largest absolute Gasteiger partial charge is 0.493 e. The van der Waals surface area contributed by atoms with E-state index in [0.29, 0.717) is 61.2 Å². The Balaban J connectivity index is 1.45. The zero-order valence-corrected chi connectivity index (χ0v) is 25.1. The van der Waals surface area contributed by atoms with Gasteiger partial charge in [-0.3, -0.25) is 9.59 Å². The normalized spacial score (nSPS) is 17.3. The van der Waals surface area contributed by atoms with Gasteiger partial charge in [-0.2, -0.15) is 4.98 Å². The average Bonchev–Trinajstić information content (AvgIpc) is 3.00. The molecule has 11 nitrogen and oxygen atoms in total. The number of amides is 2. The first-order valence-electron chi connectivity index (χ1n) is 14.5. The molecule has 0 fully saturated rings. The van der Waals surface area contributed by atoms with Crippen molar-refractivity contribution in [3.05, 3.63) is 80.5 Å². The molecule has 1 aromatic heterocycles. The number of fused-ring (bicyclic) bond motifs is 11. The molecule has 0 saturated carbocycles. The van der Waals surface area contributed by atoms with Crippen LogP contribution in [-0.2, 0) is 27.2 Å². The summed E-state index contributed by atoms with van der Waals surface area (Å²) in [6, 6.07) is 11.3. The molecule has 0 saturated heterocycles. The number of aromatic amines is 1. The van der Waals surface area contributed by atoms with Gasteiger partial charge in [0, 0.05) is 30.9 Å². The third-order valence-electron chi connectivity index (χ3n) is 8.11. The highest BCUT2D eigenvalue weighted by atomic mass is 16.5. The van der Waals surface area contributed by atoms with Crippen molar-refractivity contribution in [1.82, 2.24) is 19.8 Å². The number of ether oxygens (including phenoxy) is 4. The Morgan fingerprint density at radius 2 is 1.77 bits per heavy atom. The molecule has 1 unspecified atom stereocenters. The van der Waals surface area contributed by atoms with Gasteiger partial charge in [0.2, 0.25) is 11.8 Å². The number of hydrogen-bond donors (Lipinski definition) is 1. The number of H-pyrrole nitrogens is 1. The number of carbonyl (C=O) groups excluding carboxylic acids is 2. The number of hydrogen-bond acceptors (Lipinski definition) is 8. The Bertz CT molecular complexity index is 1510. The Kier molecular flexibility index (Phi) is 9.30. The highest BCUT2D eigenvalue weighted by Gasteiger charge is 2.34. The minimum Gasteiger partial charge on any atom is -0.493 e. The van der Waals surface area contributed by atoms with E-state index in [0.717, 1.165) is 22.3 Å². The second kappa shape index (κ2) is 13.3. The van der Waals surface area contributed by atoms with Gasteiger partial charge < -0.3 is 33.7 Å². The Morgan fingerprint density at radius 1 is 1.02 bits per heavy atom. The van der Waals surface area contributed by atoms with E-state index in [4.69, 9.17) is 18.9 Å².